The molecule has 2 amide bonds. The van der Waals surface area contributed by atoms with Crippen molar-refractivity contribution in [1.82, 2.24) is 36.0 Å². The number of rotatable bonds is 10. The number of nitrogens with two attached hydrogens (primary N) is 2. The van der Waals surface area contributed by atoms with Crippen LogP contribution in [0.1, 0.15) is 71.6 Å². The first-order valence-electron chi connectivity index (χ1n) is 17.7. The molecule has 252 valence electrons. The van der Waals surface area contributed by atoms with Crippen LogP contribution in [0.25, 0.3) is 0 Å². The molecule has 0 aromatic carbocycles. The molecule has 8 atom stereocenters. The van der Waals surface area contributed by atoms with E-state index in [-0.39, 0.29) is 43.0 Å². The molecule has 8 N–H and O–H groups in total. The van der Waals surface area contributed by atoms with E-state index in [2.05, 4.69) is 44.9 Å². The summed E-state index contributed by atoms with van der Waals surface area (Å²) in [5.74, 6) is 0.0512. The number of nitrogens with one attached hydrogen (secondary N) is 4. The molecule has 0 aromatic rings. The summed E-state index contributed by atoms with van der Waals surface area (Å²) in [6.45, 7) is 11.2. The summed E-state index contributed by atoms with van der Waals surface area (Å²) in [6.07, 6.45) is 7.15. The first-order chi connectivity index (χ1) is 21.3. The van der Waals surface area contributed by atoms with Crippen molar-refractivity contribution in [3.05, 3.63) is 0 Å². The summed E-state index contributed by atoms with van der Waals surface area (Å²) < 4.78 is 14.5. The zero-order chi connectivity index (χ0) is 31.2. The fourth-order valence-corrected chi connectivity index (χ4v) is 8.79. The van der Waals surface area contributed by atoms with Gasteiger partial charge in [-0.15, -0.1) is 0 Å². The molecule has 0 saturated carbocycles. The number of hydrogen-bond acceptors (Lipinski definition) is 9. The molecule has 11 nitrogen and oxygen atoms in total. The van der Waals surface area contributed by atoms with Crippen LogP contribution in [0.15, 0.2) is 0 Å². The van der Waals surface area contributed by atoms with Crippen LogP contribution in [0.2, 0.25) is 0 Å². The SMILES string of the molecule is CCCC(C)N1CC(F)CNC1C(C(=O)NC1CNCCC1C1CC[C@H](C(=O)N2CCC(N3CCCC3)CC2)NC1)C(N)N. The van der Waals surface area contributed by atoms with E-state index in [0.29, 0.717) is 24.4 Å². The normalized spacial score (nSPS) is 34.6. The van der Waals surface area contributed by atoms with Crippen molar-refractivity contribution >= 4 is 11.8 Å². The van der Waals surface area contributed by atoms with E-state index >= 15 is 0 Å². The molecule has 5 saturated heterocycles. The topological polar surface area (TPSA) is 144 Å². The minimum Gasteiger partial charge on any atom is -0.351 e. The number of alkyl halides is 1. The van der Waals surface area contributed by atoms with Gasteiger partial charge in [-0.2, -0.15) is 0 Å². The maximum absolute atomic E-state index is 14.5. The van der Waals surface area contributed by atoms with Gasteiger partial charge in [0.25, 0.3) is 0 Å². The molecule has 5 aliphatic heterocycles. The molecular formula is C32H60FN9O2. The number of halogens is 1. The number of amides is 2. The smallest absolute Gasteiger partial charge is 0.239 e. The molecule has 5 fully saturated rings. The van der Waals surface area contributed by atoms with Crippen LogP contribution in [-0.2, 0) is 9.59 Å². The fourth-order valence-electron chi connectivity index (χ4n) is 8.79. The van der Waals surface area contributed by atoms with Gasteiger partial charge in [-0.05, 0) is 96.3 Å². The number of nitrogens with zero attached hydrogens (tertiary/aromatic N) is 3. The van der Waals surface area contributed by atoms with Crippen LogP contribution in [-0.4, -0.2) is 128 Å². The second-order valence-electron chi connectivity index (χ2n) is 14.3. The Hall–Kier alpha value is -1.41. The summed E-state index contributed by atoms with van der Waals surface area (Å²) >= 11 is 0. The highest BCUT2D eigenvalue weighted by Crippen LogP contribution is 2.31. The lowest BCUT2D eigenvalue weighted by atomic mass is 9.76. The van der Waals surface area contributed by atoms with Crippen molar-refractivity contribution < 1.29 is 14.0 Å². The molecule has 0 bridgehead atoms. The molecule has 44 heavy (non-hydrogen) atoms. The Bertz CT molecular complexity index is 921. The van der Waals surface area contributed by atoms with Gasteiger partial charge in [0.15, 0.2) is 0 Å². The lowest BCUT2D eigenvalue weighted by Crippen LogP contribution is -2.68. The van der Waals surface area contributed by atoms with Gasteiger partial charge in [-0.25, -0.2) is 4.39 Å². The van der Waals surface area contributed by atoms with E-state index in [4.69, 9.17) is 11.5 Å². The van der Waals surface area contributed by atoms with Crippen molar-refractivity contribution in [3.8, 4) is 0 Å². The highest BCUT2D eigenvalue weighted by molar-refractivity contribution is 5.82. The zero-order valence-corrected chi connectivity index (χ0v) is 27.2. The van der Waals surface area contributed by atoms with E-state index in [0.717, 1.165) is 71.1 Å². The Morgan fingerprint density at radius 1 is 0.977 bits per heavy atom. The molecule has 0 spiro atoms. The second kappa shape index (κ2) is 15.9. The maximum Gasteiger partial charge on any atom is 0.239 e. The van der Waals surface area contributed by atoms with Crippen LogP contribution < -0.4 is 32.7 Å². The van der Waals surface area contributed by atoms with Gasteiger partial charge in [-0.1, -0.05) is 13.3 Å². The largest absolute Gasteiger partial charge is 0.351 e. The number of hydrogen-bond donors (Lipinski definition) is 6. The molecule has 7 unspecified atom stereocenters. The van der Waals surface area contributed by atoms with Crippen LogP contribution in [0.4, 0.5) is 4.39 Å². The van der Waals surface area contributed by atoms with Gasteiger partial charge < -0.3 is 37.2 Å². The van der Waals surface area contributed by atoms with E-state index in [1.54, 1.807) is 0 Å². The Balaban J connectivity index is 1.15. The average molecular weight is 622 g/mol. The lowest BCUT2D eigenvalue weighted by molar-refractivity contribution is -0.136. The molecule has 0 aromatic heterocycles. The van der Waals surface area contributed by atoms with E-state index in [1.807, 2.05) is 4.90 Å². The molecule has 5 rings (SSSR count). The van der Waals surface area contributed by atoms with Gasteiger partial charge in [0.2, 0.25) is 11.8 Å². The highest BCUT2D eigenvalue weighted by Gasteiger charge is 2.43. The highest BCUT2D eigenvalue weighted by atomic mass is 19.1. The zero-order valence-electron chi connectivity index (χ0n) is 27.2. The Kier molecular flexibility index (Phi) is 12.3. The first kappa shape index (κ1) is 33.9. The summed E-state index contributed by atoms with van der Waals surface area (Å²) in [4.78, 5) is 34.1. The minimum absolute atomic E-state index is 0.0554. The van der Waals surface area contributed by atoms with Crippen molar-refractivity contribution in [2.45, 2.75) is 114 Å². The second-order valence-corrected chi connectivity index (χ2v) is 14.3. The maximum atomic E-state index is 14.5. The van der Waals surface area contributed by atoms with Gasteiger partial charge in [0, 0.05) is 50.8 Å². The summed E-state index contributed by atoms with van der Waals surface area (Å²) in [6, 6.07) is 0.578. The van der Waals surface area contributed by atoms with Gasteiger partial charge in [0.1, 0.15) is 6.17 Å². The van der Waals surface area contributed by atoms with Crippen LogP contribution >= 0.6 is 0 Å². The predicted molar refractivity (Wildman–Crippen MR) is 171 cm³/mol. The fraction of sp³-hybridized carbons (Fsp3) is 0.938. The van der Waals surface area contributed by atoms with Crippen LogP contribution in [0.3, 0.4) is 0 Å². The van der Waals surface area contributed by atoms with E-state index in [9.17, 15) is 14.0 Å². The molecule has 0 radical (unpaired) electrons. The van der Waals surface area contributed by atoms with Gasteiger partial charge >= 0.3 is 0 Å². The number of piperidine rings is 3. The third-order valence-electron chi connectivity index (χ3n) is 11.3. The molecule has 0 aliphatic carbocycles. The Labute approximate surface area is 264 Å². The Morgan fingerprint density at radius 3 is 2.39 bits per heavy atom. The predicted octanol–water partition coefficient (Wildman–Crippen LogP) is 0.153. The number of likely N-dealkylation sites (tertiary alicyclic amines) is 2. The van der Waals surface area contributed by atoms with Gasteiger partial charge in [0.05, 0.1) is 24.3 Å². The molecule has 5 aliphatic rings. The molecular weight excluding hydrogens is 561 g/mol. The standard InChI is InChI=1S/C32H60FN9O2/c1-3-6-21(2)42-20-23(33)18-38-30(42)28(29(34)35)31(43)39-27-19-36-12-9-25(27)22-7-8-26(37-17-22)32(44)41-15-10-24(11-16-41)40-13-4-5-14-40/h21-30,36-38H,3-20,34-35H2,1-2H3,(H,39,43)/t21?,22?,23?,25?,26-,27?,28?,30?/m1/s1. The Morgan fingerprint density at radius 2 is 1.73 bits per heavy atom. The first-order valence-corrected chi connectivity index (χ1v) is 17.7. The summed E-state index contributed by atoms with van der Waals surface area (Å²) in [7, 11) is 0. The number of carbonyl (C=O) groups excluding carboxylic acids is 2. The summed E-state index contributed by atoms with van der Waals surface area (Å²) in [5.41, 5.74) is 12.5. The van der Waals surface area contributed by atoms with Crippen LogP contribution in [0.5, 0.6) is 0 Å². The molecule has 5 heterocycles. The van der Waals surface area contributed by atoms with Gasteiger partial charge in [-0.3, -0.25) is 19.8 Å². The minimum atomic E-state index is -0.994. The third kappa shape index (κ3) is 8.11. The lowest BCUT2D eigenvalue weighted by Gasteiger charge is -2.46. The molecule has 12 heteroatoms. The third-order valence-corrected chi connectivity index (χ3v) is 11.3. The average Bonchev–Trinajstić information content (AvgIpc) is 3.57. The van der Waals surface area contributed by atoms with Crippen LogP contribution in [0, 0.1) is 17.8 Å². The van der Waals surface area contributed by atoms with Crippen molar-refractivity contribution in [3.63, 3.8) is 0 Å². The van der Waals surface area contributed by atoms with E-state index < -0.39 is 24.4 Å². The van der Waals surface area contributed by atoms with E-state index in [1.165, 1.54) is 25.9 Å². The van der Waals surface area contributed by atoms with Crippen molar-refractivity contribution in [2.75, 3.05) is 58.9 Å². The van der Waals surface area contributed by atoms with Crippen molar-refractivity contribution in [2.24, 2.45) is 29.2 Å². The van der Waals surface area contributed by atoms with Crippen molar-refractivity contribution in [1.29, 1.82) is 0 Å². The summed E-state index contributed by atoms with van der Waals surface area (Å²) in [5, 5.41) is 13.7. The number of carbonyl (C=O) groups is 2. The monoisotopic (exact) mass is 621 g/mol. The quantitative estimate of drug-likeness (QED) is 0.188.